The van der Waals surface area contributed by atoms with Crippen LogP contribution in [0.2, 0.25) is 0 Å². The zero-order chi connectivity index (χ0) is 29.1. The van der Waals surface area contributed by atoms with E-state index in [9.17, 15) is 19.1 Å². The molecule has 0 unspecified atom stereocenters. The Morgan fingerprint density at radius 1 is 0.976 bits per heavy atom. The number of carboxylic acids is 1. The van der Waals surface area contributed by atoms with Crippen LogP contribution in [0, 0.1) is 11.7 Å². The summed E-state index contributed by atoms with van der Waals surface area (Å²) in [5.41, 5.74) is 3.66. The third-order valence-electron chi connectivity index (χ3n) is 7.88. The van der Waals surface area contributed by atoms with E-state index < -0.39 is 23.8 Å². The molecule has 216 valence electrons. The van der Waals surface area contributed by atoms with E-state index in [-0.39, 0.29) is 25.1 Å². The zero-order valence-electron chi connectivity index (χ0n) is 23.5. The number of likely N-dealkylation sites (tertiary alicyclic amines) is 1. The lowest BCUT2D eigenvalue weighted by Gasteiger charge is -2.27. The molecule has 41 heavy (non-hydrogen) atoms. The Hall–Kier alpha value is -4.11. The van der Waals surface area contributed by atoms with Crippen LogP contribution in [0.5, 0.6) is 17.2 Å². The largest absolute Gasteiger partial charge is 0.494 e. The molecule has 0 aliphatic carbocycles. The van der Waals surface area contributed by atoms with Gasteiger partial charge in [0, 0.05) is 24.2 Å². The van der Waals surface area contributed by atoms with Gasteiger partial charge in [0.1, 0.15) is 11.6 Å². The van der Waals surface area contributed by atoms with Gasteiger partial charge in [0.25, 0.3) is 0 Å². The summed E-state index contributed by atoms with van der Waals surface area (Å²) in [6, 6.07) is 15.2. The number of carbonyl (C=O) groups excluding carboxylic acids is 1. The molecule has 0 bridgehead atoms. The Morgan fingerprint density at radius 2 is 1.63 bits per heavy atom. The number of carbonyl (C=O) groups is 2. The number of halogens is 1. The molecule has 3 atom stereocenters. The number of aliphatic carboxylic acids is 1. The maximum atomic E-state index is 14.2. The molecule has 0 saturated carbocycles. The summed E-state index contributed by atoms with van der Waals surface area (Å²) in [6.07, 6.45) is 1.12. The average molecular weight is 563 g/mol. The summed E-state index contributed by atoms with van der Waals surface area (Å²) in [7, 11) is 0. The summed E-state index contributed by atoms with van der Waals surface area (Å²) in [5, 5.41) is 13.5. The Morgan fingerprint density at radius 3 is 2.27 bits per heavy atom. The molecule has 2 aliphatic heterocycles. The van der Waals surface area contributed by atoms with Crippen LogP contribution in [0.4, 0.5) is 10.1 Å². The van der Waals surface area contributed by atoms with Crippen molar-refractivity contribution in [3.63, 3.8) is 0 Å². The number of anilines is 1. The van der Waals surface area contributed by atoms with Crippen LogP contribution < -0.4 is 19.5 Å². The molecule has 0 spiro atoms. The fraction of sp³-hybridized carbons (Fsp3) is 0.375. The molecule has 1 saturated heterocycles. The topological polar surface area (TPSA) is 97.3 Å². The van der Waals surface area contributed by atoms with E-state index >= 15 is 0 Å². The molecule has 1 amide bonds. The van der Waals surface area contributed by atoms with Crippen molar-refractivity contribution < 1.29 is 33.3 Å². The number of aryl methyl sites for hydroxylation is 2. The second kappa shape index (κ2) is 12.2. The minimum Gasteiger partial charge on any atom is -0.494 e. The SMILES string of the molecule is CCOc1ccc([C@H]2[C@H](C(=O)O)[C@@H](c3ccc4c(c3)OCO4)CN2CC(=O)Nc2c(CC)cc(F)cc2CC)cc1. The molecule has 2 N–H and O–H groups in total. The van der Waals surface area contributed by atoms with Gasteiger partial charge in [-0.25, -0.2) is 4.39 Å². The lowest BCUT2D eigenvalue weighted by molar-refractivity contribution is -0.143. The molecular formula is C32H35FN2O6. The third kappa shape index (κ3) is 5.86. The first kappa shape index (κ1) is 28.4. The van der Waals surface area contributed by atoms with Gasteiger partial charge in [0.05, 0.1) is 19.1 Å². The number of hydrogen-bond acceptors (Lipinski definition) is 6. The maximum absolute atomic E-state index is 14.2. The van der Waals surface area contributed by atoms with Crippen LogP contribution >= 0.6 is 0 Å². The van der Waals surface area contributed by atoms with Crippen molar-refractivity contribution in [3.8, 4) is 17.2 Å². The quantitative estimate of drug-likeness (QED) is 0.334. The highest BCUT2D eigenvalue weighted by Gasteiger charge is 2.48. The Kier molecular flexibility index (Phi) is 8.44. The number of rotatable bonds is 10. The zero-order valence-corrected chi connectivity index (χ0v) is 23.5. The van der Waals surface area contributed by atoms with Crippen molar-refractivity contribution in [2.24, 2.45) is 5.92 Å². The minimum absolute atomic E-state index is 0.0353. The summed E-state index contributed by atoms with van der Waals surface area (Å²) in [5.74, 6) is -0.913. The predicted octanol–water partition coefficient (Wildman–Crippen LogP) is 5.56. The van der Waals surface area contributed by atoms with Gasteiger partial charge in [-0.15, -0.1) is 0 Å². The number of amides is 1. The van der Waals surface area contributed by atoms with Crippen molar-refractivity contribution in [2.45, 2.75) is 45.6 Å². The van der Waals surface area contributed by atoms with Crippen molar-refractivity contribution >= 4 is 17.6 Å². The predicted molar refractivity (Wildman–Crippen MR) is 152 cm³/mol. The van der Waals surface area contributed by atoms with E-state index in [1.807, 2.05) is 62.1 Å². The molecular weight excluding hydrogens is 527 g/mol. The highest BCUT2D eigenvalue weighted by atomic mass is 19.1. The van der Waals surface area contributed by atoms with Crippen LogP contribution in [0.25, 0.3) is 0 Å². The number of nitrogens with one attached hydrogen (secondary N) is 1. The molecule has 2 heterocycles. The molecule has 3 aromatic rings. The van der Waals surface area contributed by atoms with Gasteiger partial charge >= 0.3 is 5.97 Å². The highest BCUT2D eigenvalue weighted by Crippen LogP contribution is 2.47. The summed E-state index contributed by atoms with van der Waals surface area (Å²) < 4.78 is 30.8. The minimum atomic E-state index is -0.950. The van der Waals surface area contributed by atoms with Crippen LogP contribution in [-0.4, -0.2) is 48.4 Å². The van der Waals surface area contributed by atoms with Gasteiger partial charge in [-0.1, -0.05) is 32.0 Å². The number of nitrogens with zero attached hydrogens (tertiary/aromatic N) is 1. The smallest absolute Gasteiger partial charge is 0.309 e. The second-order valence-corrected chi connectivity index (χ2v) is 10.3. The number of carboxylic acid groups (broad SMARTS) is 1. The Bertz CT molecular complexity index is 1400. The monoisotopic (exact) mass is 562 g/mol. The Balaban J connectivity index is 1.48. The third-order valence-corrected chi connectivity index (χ3v) is 7.88. The standard InChI is InChI=1S/C32H35FN2O6/c1-4-19-13-23(33)14-20(5-2)30(19)34-28(36)17-35-16-25(22-9-12-26-27(15-22)41-18-40-26)29(32(37)38)31(35)21-7-10-24(11-8-21)39-6-3/h7-15,25,29,31H,4-6,16-18H2,1-3H3,(H,34,36)(H,37,38)/t25-,29-,31+/m1/s1. The highest BCUT2D eigenvalue weighted by molar-refractivity contribution is 5.94. The van der Waals surface area contributed by atoms with E-state index in [1.54, 1.807) is 6.07 Å². The fourth-order valence-corrected chi connectivity index (χ4v) is 6.01. The van der Waals surface area contributed by atoms with Crippen LogP contribution in [0.3, 0.4) is 0 Å². The molecule has 3 aromatic carbocycles. The number of hydrogen-bond donors (Lipinski definition) is 2. The molecule has 0 radical (unpaired) electrons. The normalized spacial score (nSPS) is 19.8. The van der Waals surface area contributed by atoms with Crippen LogP contribution in [0.15, 0.2) is 54.6 Å². The number of fused-ring (bicyclic) bond motifs is 1. The molecule has 1 fully saturated rings. The van der Waals surface area contributed by atoms with Gasteiger partial charge in [-0.2, -0.15) is 0 Å². The van der Waals surface area contributed by atoms with Gasteiger partial charge in [0.2, 0.25) is 12.7 Å². The summed E-state index contributed by atoms with van der Waals surface area (Å²) in [4.78, 5) is 28.3. The Labute approximate surface area is 239 Å². The van der Waals surface area contributed by atoms with E-state index in [4.69, 9.17) is 14.2 Å². The molecule has 9 heteroatoms. The van der Waals surface area contributed by atoms with Crippen LogP contribution in [-0.2, 0) is 22.4 Å². The van der Waals surface area contributed by atoms with Gasteiger partial charge in [-0.05, 0) is 78.4 Å². The van der Waals surface area contributed by atoms with Crippen molar-refractivity contribution in [3.05, 3.63) is 82.7 Å². The molecule has 0 aromatic heterocycles. The van der Waals surface area contributed by atoms with E-state index in [2.05, 4.69) is 5.32 Å². The first-order valence-electron chi connectivity index (χ1n) is 14.0. The van der Waals surface area contributed by atoms with E-state index in [0.29, 0.717) is 48.9 Å². The average Bonchev–Trinajstić information content (AvgIpc) is 3.58. The second-order valence-electron chi connectivity index (χ2n) is 10.3. The lowest BCUT2D eigenvalue weighted by Crippen LogP contribution is -2.35. The first-order valence-corrected chi connectivity index (χ1v) is 14.0. The summed E-state index contributed by atoms with van der Waals surface area (Å²) >= 11 is 0. The number of ether oxygens (including phenoxy) is 3. The molecule has 8 nitrogen and oxygen atoms in total. The van der Waals surface area contributed by atoms with Crippen LogP contribution in [0.1, 0.15) is 55.0 Å². The van der Waals surface area contributed by atoms with Crippen molar-refractivity contribution in [2.75, 3.05) is 31.8 Å². The molecule has 2 aliphatic rings. The maximum Gasteiger partial charge on any atom is 0.309 e. The van der Waals surface area contributed by atoms with E-state index in [0.717, 1.165) is 22.3 Å². The van der Waals surface area contributed by atoms with Gasteiger partial charge in [-0.3, -0.25) is 14.5 Å². The molecule has 5 rings (SSSR count). The summed E-state index contributed by atoms with van der Waals surface area (Å²) in [6.45, 7) is 6.67. The van der Waals surface area contributed by atoms with Gasteiger partial charge in [0.15, 0.2) is 11.5 Å². The number of benzene rings is 3. The van der Waals surface area contributed by atoms with Crippen molar-refractivity contribution in [1.82, 2.24) is 4.90 Å². The van der Waals surface area contributed by atoms with Crippen molar-refractivity contribution in [1.29, 1.82) is 0 Å². The lowest BCUT2D eigenvalue weighted by atomic mass is 9.82. The fourth-order valence-electron chi connectivity index (χ4n) is 6.01. The van der Waals surface area contributed by atoms with Gasteiger partial charge < -0.3 is 24.6 Å². The first-order chi connectivity index (χ1) is 19.8. The van der Waals surface area contributed by atoms with E-state index in [1.165, 1.54) is 12.1 Å².